The highest BCUT2D eigenvalue weighted by Crippen LogP contribution is 2.32. The van der Waals surface area contributed by atoms with E-state index < -0.39 is 9.84 Å². The molecule has 0 radical (unpaired) electrons. The third kappa shape index (κ3) is 4.33. The number of sulfone groups is 1. The van der Waals surface area contributed by atoms with Gasteiger partial charge in [-0.2, -0.15) is 5.10 Å². The van der Waals surface area contributed by atoms with E-state index in [-0.39, 0.29) is 23.5 Å². The van der Waals surface area contributed by atoms with Crippen molar-refractivity contribution in [1.82, 2.24) is 14.8 Å². The summed E-state index contributed by atoms with van der Waals surface area (Å²) < 4.78 is 26.0. The van der Waals surface area contributed by atoms with Crippen molar-refractivity contribution < 1.29 is 13.2 Å². The van der Waals surface area contributed by atoms with Crippen LogP contribution in [0.25, 0.3) is 22.3 Å². The minimum atomic E-state index is -3.11. The lowest BCUT2D eigenvalue weighted by molar-refractivity contribution is 0.102. The number of aryl methyl sites for hydroxylation is 1. The van der Waals surface area contributed by atoms with Gasteiger partial charge in [0.1, 0.15) is 0 Å². The van der Waals surface area contributed by atoms with Crippen molar-refractivity contribution in [3.05, 3.63) is 71.9 Å². The van der Waals surface area contributed by atoms with Crippen LogP contribution in [0.5, 0.6) is 0 Å². The average Bonchev–Trinajstić information content (AvgIpc) is 3.37. The fraction of sp³-hybridized carbons (Fsp3) is 0.240. The van der Waals surface area contributed by atoms with Gasteiger partial charge in [-0.3, -0.25) is 4.79 Å². The molecule has 3 heterocycles. The zero-order chi connectivity index (χ0) is 23.9. The average molecular weight is 493 g/mol. The van der Waals surface area contributed by atoms with Crippen LogP contribution in [0.1, 0.15) is 28.5 Å². The maximum absolute atomic E-state index is 13.5. The molecule has 1 aliphatic rings. The molecule has 7 nitrogen and oxygen atoms in total. The Morgan fingerprint density at radius 2 is 1.91 bits per heavy atom. The minimum absolute atomic E-state index is 0.0312. The predicted molar refractivity (Wildman–Crippen MR) is 136 cm³/mol. The SMILES string of the molecule is CSc1cccc(NC(=O)c2cc(-c3ccccc3)nc3c2c(C)nn3C2CCS(=O)(=O)C2)c1. The van der Waals surface area contributed by atoms with E-state index in [0.717, 1.165) is 10.5 Å². The fourth-order valence-electron chi connectivity index (χ4n) is 4.37. The number of pyridine rings is 1. The third-order valence-corrected chi connectivity index (χ3v) is 8.51. The maximum Gasteiger partial charge on any atom is 0.256 e. The van der Waals surface area contributed by atoms with Crippen molar-refractivity contribution in [2.75, 3.05) is 23.1 Å². The highest BCUT2D eigenvalue weighted by Gasteiger charge is 2.32. The molecule has 5 rings (SSSR count). The molecule has 0 saturated carbocycles. The number of hydrogen-bond donors (Lipinski definition) is 1. The van der Waals surface area contributed by atoms with Gasteiger partial charge in [0.15, 0.2) is 15.5 Å². The van der Waals surface area contributed by atoms with Gasteiger partial charge in [0.25, 0.3) is 5.91 Å². The first-order valence-electron chi connectivity index (χ1n) is 11.0. The van der Waals surface area contributed by atoms with Gasteiger partial charge >= 0.3 is 0 Å². The topological polar surface area (TPSA) is 93.9 Å². The largest absolute Gasteiger partial charge is 0.322 e. The molecule has 1 saturated heterocycles. The fourth-order valence-corrected chi connectivity index (χ4v) is 6.52. The summed E-state index contributed by atoms with van der Waals surface area (Å²) in [5, 5.41) is 8.31. The van der Waals surface area contributed by atoms with Gasteiger partial charge in [-0.05, 0) is 43.9 Å². The summed E-state index contributed by atoms with van der Waals surface area (Å²) in [6, 6.07) is 18.8. The van der Waals surface area contributed by atoms with Gasteiger partial charge in [-0.25, -0.2) is 18.1 Å². The highest BCUT2D eigenvalue weighted by molar-refractivity contribution is 7.98. The number of hydrogen-bond acceptors (Lipinski definition) is 6. The third-order valence-electron chi connectivity index (χ3n) is 6.03. The van der Waals surface area contributed by atoms with Crippen LogP contribution < -0.4 is 5.32 Å². The molecular weight excluding hydrogens is 468 g/mol. The number of rotatable bonds is 5. The maximum atomic E-state index is 13.5. The molecule has 1 aliphatic heterocycles. The van der Waals surface area contributed by atoms with Gasteiger partial charge in [0.2, 0.25) is 0 Å². The van der Waals surface area contributed by atoms with Crippen molar-refractivity contribution in [3.63, 3.8) is 0 Å². The molecule has 1 N–H and O–H groups in total. The lowest BCUT2D eigenvalue weighted by atomic mass is 10.0. The lowest BCUT2D eigenvalue weighted by Gasteiger charge is -2.12. The summed E-state index contributed by atoms with van der Waals surface area (Å²) in [5.41, 5.74) is 3.85. The second-order valence-corrected chi connectivity index (χ2v) is 11.5. The number of benzene rings is 2. The standard InChI is InChI=1S/C25H24N4O3S2/c1-16-23-21(25(30)26-18-9-6-10-20(13-18)33-2)14-22(17-7-4-3-5-8-17)27-24(23)29(28-16)19-11-12-34(31,32)15-19/h3-10,13-14,19H,11-12,15H2,1-2H3,(H,26,30). The van der Waals surface area contributed by atoms with Crippen molar-refractivity contribution in [1.29, 1.82) is 0 Å². The predicted octanol–water partition coefficient (Wildman–Crippen LogP) is 4.74. The van der Waals surface area contributed by atoms with Gasteiger partial charge < -0.3 is 5.32 Å². The molecule has 1 amide bonds. The van der Waals surface area contributed by atoms with Crippen LogP contribution in [0.2, 0.25) is 0 Å². The summed E-state index contributed by atoms with van der Waals surface area (Å²) in [6.45, 7) is 1.83. The van der Waals surface area contributed by atoms with Crippen LogP contribution in [0.3, 0.4) is 0 Å². The Morgan fingerprint density at radius 3 is 2.62 bits per heavy atom. The Balaban J connectivity index is 1.66. The number of anilines is 1. The van der Waals surface area contributed by atoms with E-state index >= 15 is 0 Å². The Bertz CT molecular complexity index is 1500. The number of carbonyl (C=O) groups excluding carboxylic acids is 1. The first-order chi connectivity index (χ1) is 16.3. The van der Waals surface area contributed by atoms with E-state index in [1.165, 1.54) is 0 Å². The summed E-state index contributed by atoms with van der Waals surface area (Å²) in [7, 11) is -3.11. The molecule has 1 unspecified atom stereocenters. The molecule has 174 valence electrons. The van der Waals surface area contributed by atoms with Crippen LogP contribution in [0.4, 0.5) is 5.69 Å². The Labute approximate surface area is 202 Å². The van der Waals surface area contributed by atoms with Crippen LogP contribution in [0, 0.1) is 6.92 Å². The van der Waals surface area contributed by atoms with E-state index in [4.69, 9.17) is 4.98 Å². The molecule has 2 aromatic heterocycles. The monoisotopic (exact) mass is 492 g/mol. The minimum Gasteiger partial charge on any atom is -0.322 e. The number of thioether (sulfide) groups is 1. The van der Waals surface area contributed by atoms with Gasteiger partial charge in [-0.15, -0.1) is 11.8 Å². The molecule has 34 heavy (non-hydrogen) atoms. The number of carbonyl (C=O) groups is 1. The summed E-state index contributed by atoms with van der Waals surface area (Å²) in [6.07, 6.45) is 2.47. The number of fused-ring (bicyclic) bond motifs is 1. The number of nitrogens with one attached hydrogen (secondary N) is 1. The zero-order valence-corrected chi connectivity index (χ0v) is 20.5. The molecule has 2 aromatic carbocycles. The van der Waals surface area contributed by atoms with E-state index in [2.05, 4.69) is 10.4 Å². The molecule has 1 fully saturated rings. The number of nitrogens with zero attached hydrogens (tertiary/aromatic N) is 3. The van der Waals surface area contributed by atoms with Crippen molar-refractivity contribution in [2.45, 2.75) is 24.3 Å². The Kier molecular flexibility index (Phi) is 5.91. The van der Waals surface area contributed by atoms with Gasteiger partial charge in [-0.1, -0.05) is 36.4 Å². The van der Waals surface area contributed by atoms with E-state index in [1.807, 2.05) is 67.8 Å². The Morgan fingerprint density at radius 1 is 1.12 bits per heavy atom. The summed E-state index contributed by atoms with van der Waals surface area (Å²) in [5.74, 6) is -0.0940. The molecule has 4 aromatic rings. The molecule has 1 atom stereocenters. The van der Waals surface area contributed by atoms with Crippen molar-refractivity contribution in [3.8, 4) is 11.3 Å². The quantitative estimate of drug-likeness (QED) is 0.405. The van der Waals surface area contributed by atoms with E-state index in [0.29, 0.717) is 40.1 Å². The van der Waals surface area contributed by atoms with Crippen LogP contribution >= 0.6 is 11.8 Å². The zero-order valence-electron chi connectivity index (χ0n) is 18.9. The Hall–Kier alpha value is -3.17. The highest BCUT2D eigenvalue weighted by atomic mass is 32.2. The number of aromatic nitrogens is 3. The molecule has 0 aliphatic carbocycles. The molecular formula is C25H24N4O3S2. The molecule has 0 spiro atoms. The smallest absolute Gasteiger partial charge is 0.256 e. The van der Waals surface area contributed by atoms with Gasteiger partial charge in [0.05, 0.1) is 39.9 Å². The molecule has 0 bridgehead atoms. The lowest BCUT2D eigenvalue weighted by Crippen LogP contribution is -2.15. The molecule has 9 heteroatoms. The van der Waals surface area contributed by atoms with E-state index in [1.54, 1.807) is 22.5 Å². The number of amides is 1. The van der Waals surface area contributed by atoms with Crippen LogP contribution in [-0.2, 0) is 9.84 Å². The van der Waals surface area contributed by atoms with Crippen LogP contribution in [0.15, 0.2) is 65.6 Å². The first-order valence-corrected chi connectivity index (χ1v) is 14.0. The summed E-state index contributed by atoms with van der Waals surface area (Å²) in [4.78, 5) is 19.4. The second-order valence-electron chi connectivity index (χ2n) is 8.39. The van der Waals surface area contributed by atoms with Crippen molar-refractivity contribution in [2.24, 2.45) is 0 Å². The van der Waals surface area contributed by atoms with Crippen molar-refractivity contribution >= 4 is 44.2 Å². The van der Waals surface area contributed by atoms with Gasteiger partial charge in [0, 0.05) is 16.1 Å². The van der Waals surface area contributed by atoms with E-state index in [9.17, 15) is 13.2 Å². The first kappa shape index (κ1) is 22.6. The second kappa shape index (κ2) is 8.88. The summed E-state index contributed by atoms with van der Waals surface area (Å²) >= 11 is 1.60. The van der Waals surface area contributed by atoms with Crippen LogP contribution in [-0.4, -0.2) is 46.9 Å². The normalized spacial score (nSPS) is 17.2.